The molecule has 0 unspecified atom stereocenters. The maximum atomic E-state index is 13.6. The molecule has 1 N–H and O–H groups in total. The first kappa shape index (κ1) is 18.9. The number of fused-ring (bicyclic) bond motifs is 1. The van der Waals surface area contributed by atoms with Crippen molar-refractivity contribution in [2.24, 2.45) is 0 Å². The number of amides is 1. The molecule has 26 heavy (non-hydrogen) atoms. The van der Waals surface area contributed by atoms with E-state index in [2.05, 4.69) is 5.32 Å². The monoisotopic (exact) mass is 393 g/mol. The van der Waals surface area contributed by atoms with Gasteiger partial charge in [-0.3, -0.25) is 4.79 Å². The molecular weight excluding hydrogens is 373 g/mol. The van der Waals surface area contributed by atoms with E-state index in [4.69, 9.17) is 4.74 Å². The number of halogens is 1. The van der Waals surface area contributed by atoms with Crippen LogP contribution in [0.25, 0.3) is 0 Å². The van der Waals surface area contributed by atoms with E-state index in [0.29, 0.717) is 21.9 Å². The first-order chi connectivity index (χ1) is 12.6. The molecule has 1 aromatic heterocycles. The highest BCUT2D eigenvalue weighted by atomic mass is 32.2. The summed E-state index contributed by atoms with van der Waals surface area (Å²) < 4.78 is 18.5. The first-order valence-electron chi connectivity index (χ1n) is 8.44. The fourth-order valence-electron chi connectivity index (χ4n) is 3.00. The van der Waals surface area contributed by atoms with Crippen molar-refractivity contribution in [3.05, 3.63) is 51.7 Å². The Hall–Kier alpha value is -1.86. The van der Waals surface area contributed by atoms with Gasteiger partial charge in [0.25, 0.3) is 0 Å². The normalized spacial score (nSPS) is 13.2. The summed E-state index contributed by atoms with van der Waals surface area (Å²) in [5.41, 5.74) is 2.09. The quantitative estimate of drug-likeness (QED) is 0.738. The summed E-state index contributed by atoms with van der Waals surface area (Å²) in [5.74, 6) is -0.254. The summed E-state index contributed by atoms with van der Waals surface area (Å²) in [6.45, 7) is 0. The summed E-state index contributed by atoms with van der Waals surface area (Å²) in [7, 11) is 1.35. The van der Waals surface area contributed by atoms with Crippen LogP contribution < -0.4 is 5.32 Å². The number of carbonyl (C=O) groups excluding carboxylic acids is 2. The second kappa shape index (κ2) is 8.68. The zero-order chi connectivity index (χ0) is 18.5. The fraction of sp³-hybridized carbons (Fsp3) is 0.368. The van der Waals surface area contributed by atoms with Crippen LogP contribution in [0.2, 0.25) is 0 Å². The SMILES string of the molecule is COC(=O)c1c(NC(=O)CSCc2ccccc2F)sc2c1CCCC2. The number of rotatable bonds is 6. The van der Waals surface area contributed by atoms with E-state index in [0.717, 1.165) is 36.1 Å². The summed E-state index contributed by atoms with van der Waals surface area (Å²) in [5, 5.41) is 3.42. The minimum absolute atomic E-state index is 0.192. The van der Waals surface area contributed by atoms with Gasteiger partial charge in [0.05, 0.1) is 18.4 Å². The molecule has 7 heteroatoms. The second-order valence-corrected chi connectivity index (χ2v) is 8.13. The van der Waals surface area contributed by atoms with E-state index in [1.807, 2.05) is 0 Å². The van der Waals surface area contributed by atoms with Crippen molar-refractivity contribution in [3.63, 3.8) is 0 Å². The highest BCUT2D eigenvalue weighted by molar-refractivity contribution is 7.99. The average Bonchev–Trinajstić information content (AvgIpc) is 3.00. The highest BCUT2D eigenvalue weighted by Crippen LogP contribution is 2.38. The Kier molecular flexibility index (Phi) is 6.32. The summed E-state index contributed by atoms with van der Waals surface area (Å²) in [4.78, 5) is 25.6. The molecule has 0 saturated carbocycles. The molecule has 0 bridgehead atoms. The third-order valence-corrected chi connectivity index (χ3v) is 6.45. The Morgan fingerprint density at radius 1 is 1.27 bits per heavy atom. The number of hydrogen-bond donors (Lipinski definition) is 1. The largest absolute Gasteiger partial charge is 0.465 e. The van der Waals surface area contributed by atoms with Gasteiger partial charge in [-0.2, -0.15) is 0 Å². The van der Waals surface area contributed by atoms with Gasteiger partial charge in [0.1, 0.15) is 10.8 Å². The summed E-state index contributed by atoms with van der Waals surface area (Å²) in [6.07, 6.45) is 3.91. The maximum absolute atomic E-state index is 13.6. The van der Waals surface area contributed by atoms with Crippen LogP contribution in [0.5, 0.6) is 0 Å². The Morgan fingerprint density at radius 3 is 2.81 bits per heavy atom. The van der Waals surface area contributed by atoms with E-state index in [1.165, 1.54) is 36.3 Å². The topological polar surface area (TPSA) is 55.4 Å². The lowest BCUT2D eigenvalue weighted by Gasteiger charge is -2.11. The van der Waals surface area contributed by atoms with Gasteiger partial charge in [-0.25, -0.2) is 9.18 Å². The smallest absolute Gasteiger partial charge is 0.341 e. The molecule has 1 aliphatic carbocycles. The standard InChI is InChI=1S/C19H20FNO3S2/c1-24-19(23)17-13-7-3-5-9-15(13)26-18(17)21-16(22)11-25-10-12-6-2-4-8-14(12)20/h2,4,6,8H,3,5,7,9-11H2,1H3,(H,21,22). The Balaban J connectivity index is 1.64. The zero-order valence-electron chi connectivity index (χ0n) is 14.5. The Morgan fingerprint density at radius 2 is 2.04 bits per heavy atom. The van der Waals surface area contributed by atoms with Crippen molar-refractivity contribution in [1.82, 2.24) is 0 Å². The van der Waals surface area contributed by atoms with Crippen molar-refractivity contribution in [1.29, 1.82) is 0 Å². The van der Waals surface area contributed by atoms with Crippen LogP contribution in [0.15, 0.2) is 24.3 Å². The van der Waals surface area contributed by atoms with Crippen LogP contribution in [0.4, 0.5) is 9.39 Å². The van der Waals surface area contributed by atoms with Crippen LogP contribution in [0, 0.1) is 5.82 Å². The number of aryl methyl sites for hydroxylation is 1. The highest BCUT2D eigenvalue weighted by Gasteiger charge is 2.26. The lowest BCUT2D eigenvalue weighted by atomic mass is 9.95. The number of methoxy groups -OCH3 is 1. The van der Waals surface area contributed by atoms with Crippen molar-refractivity contribution >= 4 is 40.0 Å². The lowest BCUT2D eigenvalue weighted by Crippen LogP contribution is -2.16. The number of ether oxygens (including phenoxy) is 1. The Labute approximate surface area is 160 Å². The minimum atomic E-state index is -0.404. The van der Waals surface area contributed by atoms with Gasteiger partial charge in [0.15, 0.2) is 0 Å². The molecule has 0 aliphatic heterocycles. The summed E-state index contributed by atoms with van der Waals surface area (Å²) >= 11 is 2.80. The van der Waals surface area contributed by atoms with Crippen LogP contribution in [-0.4, -0.2) is 24.7 Å². The van der Waals surface area contributed by atoms with Gasteiger partial charge in [0.2, 0.25) is 5.91 Å². The van der Waals surface area contributed by atoms with Crippen molar-refractivity contribution in [2.75, 3.05) is 18.2 Å². The molecule has 2 aromatic rings. The number of esters is 1. The summed E-state index contributed by atoms with van der Waals surface area (Å²) in [6, 6.07) is 6.54. The number of hydrogen-bond acceptors (Lipinski definition) is 5. The third-order valence-electron chi connectivity index (χ3n) is 4.26. The molecule has 1 amide bonds. The van der Waals surface area contributed by atoms with E-state index in [1.54, 1.807) is 18.2 Å². The molecular formula is C19H20FNO3S2. The molecule has 1 heterocycles. The maximum Gasteiger partial charge on any atom is 0.341 e. The number of nitrogens with one attached hydrogen (secondary N) is 1. The van der Waals surface area contributed by atoms with Crippen LogP contribution >= 0.6 is 23.1 Å². The van der Waals surface area contributed by atoms with Crippen LogP contribution in [0.3, 0.4) is 0 Å². The third kappa shape index (κ3) is 4.27. The van der Waals surface area contributed by atoms with E-state index >= 15 is 0 Å². The molecule has 0 saturated heterocycles. The van der Waals surface area contributed by atoms with Crippen molar-refractivity contribution in [2.45, 2.75) is 31.4 Å². The molecule has 1 aromatic carbocycles. The molecule has 4 nitrogen and oxygen atoms in total. The molecule has 3 rings (SSSR count). The number of benzene rings is 1. The number of thioether (sulfide) groups is 1. The predicted molar refractivity (Wildman–Crippen MR) is 103 cm³/mol. The van der Waals surface area contributed by atoms with E-state index < -0.39 is 5.97 Å². The average molecular weight is 394 g/mol. The molecule has 0 fully saturated rings. The minimum Gasteiger partial charge on any atom is -0.465 e. The molecule has 0 spiro atoms. The van der Waals surface area contributed by atoms with E-state index in [-0.39, 0.29) is 17.5 Å². The van der Waals surface area contributed by atoms with Crippen LogP contribution in [0.1, 0.15) is 39.2 Å². The zero-order valence-corrected chi connectivity index (χ0v) is 16.1. The van der Waals surface area contributed by atoms with Crippen molar-refractivity contribution < 1.29 is 18.7 Å². The van der Waals surface area contributed by atoms with Gasteiger partial charge >= 0.3 is 5.97 Å². The van der Waals surface area contributed by atoms with Crippen LogP contribution in [-0.2, 0) is 28.1 Å². The second-order valence-electron chi connectivity index (χ2n) is 6.04. The number of carbonyl (C=O) groups is 2. The number of thiophene rings is 1. The molecule has 138 valence electrons. The molecule has 0 atom stereocenters. The van der Waals surface area contributed by atoms with Crippen molar-refractivity contribution in [3.8, 4) is 0 Å². The van der Waals surface area contributed by atoms with E-state index in [9.17, 15) is 14.0 Å². The van der Waals surface area contributed by atoms with Gasteiger partial charge < -0.3 is 10.1 Å². The first-order valence-corrected chi connectivity index (χ1v) is 10.4. The van der Waals surface area contributed by atoms with Gasteiger partial charge in [0, 0.05) is 10.6 Å². The predicted octanol–water partition coefficient (Wildman–Crippen LogP) is 4.42. The van der Waals surface area contributed by atoms with Gasteiger partial charge in [-0.15, -0.1) is 23.1 Å². The Bertz CT molecular complexity index is 819. The molecule has 1 aliphatic rings. The van der Waals surface area contributed by atoms with Gasteiger partial charge in [-0.05, 0) is 42.9 Å². The molecule has 0 radical (unpaired) electrons. The number of anilines is 1. The lowest BCUT2D eigenvalue weighted by molar-refractivity contribution is -0.113. The van der Waals surface area contributed by atoms with Gasteiger partial charge in [-0.1, -0.05) is 18.2 Å². The fourth-order valence-corrected chi connectivity index (χ4v) is 5.11.